The lowest BCUT2D eigenvalue weighted by Gasteiger charge is -2.10. The Morgan fingerprint density at radius 3 is 2.69 bits per heavy atom. The van der Waals surface area contributed by atoms with Gasteiger partial charge in [-0.15, -0.1) is 0 Å². The van der Waals surface area contributed by atoms with Gasteiger partial charge in [0.05, 0.1) is 7.11 Å². The largest absolute Gasteiger partial charge is 0.496 e. The molecule has 0 radical (unpaired) electrons. The van der Waals surface area contributed by atoms with E-state index in [9.17, 15) is 4.79 Å². The Kier molecular flexibility index (Phi) is 3.13. The van der Waals surface area contributed by atoms with E-state index in [2.05, 4.69) is 12.1 Å². The second kappa shape index (κ2) is 4.56. The van der Waals surface area contributed by atoms with Crippen LogP contribution in [-0.4, -0.2) is 18.2 Å². The Balaban J connectivity index is 2.25. The van der Waals surface area contributed by atoms with E-state index in [4.69, 9.17) is 9.84 Å². The van der Waals surface area contributed by atoms with E-state index in [0.29, 0.717) is 6.42 Å². The van der Waals surface area contributed by atoms with Crippen LogP contribution >= 0.6 is 0 Å². The quantitative estimate of drug-likeness (QED) is 0.846. The van der Waals surface area contributed by atoms with E-state index in [1.807, 2.05) is 0 Å². The number of carbonyl (C=O) groups is 1. The van der Waals surface area contributed by atoms with Crippen molar-refractivity contribution in [2.75, 3.05) is 7.11 Å². The first-order valence-electron chi connectivity index (χ1n) is 5.61. The van der Waals surface area contributed by atoms with Gasteiger partial charge in [0.25, 0.3) is 0 Å². The molecule has 16 heavy (non-hydrogen) atoms. The van der Waals surface area contributed by atoms with Crippen molar-refractivity contribution in [1.82, 2.24) is 0 Å². The fraction of sp³-hybridized carbons (Fsp3) is 0.462. The van der Waals surface area contributed by atoms with Crippen molar-refractivity contribution in [3.8, 4) is 5.75 Å². The summed E-state index contributed by atoms with van der Waals surface area (Å²) in [5.74, 6) is 0.0736. The number of aliphatic carboxylic acids is 1. The zero-order chi connectivity index (χ0) is 11.5. The highest BCUT2D eigenvalue weighted by Gasteiger charge is 2.15. The van der Waals surface area contributed by atoms with Crippen LogP contribution < -0.4 is 4.74 Å². The van der Waals surface area contributed by atoms with Crippen molar-refractivity contribution in [2.45, 2.75) is 32.1 Å². The lowest BCUT2D eigenvalue weighted by molar-refractivity contribution is -0.136. The van der Waals surface area contributed by atoms with Gasteiger partial charge in [0.1, 0.15) is 5.75 Å². The normalized spacial score (nSPS) is 13.6. The Morgan fingerprint density at radius 1 is 1.38 bits per heavy atom. The highest BCUT2D eigenvalue weighted by atomic mass is 16.5. The number of methoxy groups -OCH3 is 1. The molecule has 0 amide bonds. The number of benzene rings is 1. The molecule has 0 spiro atoms. The zero-order valence-corrected chi connectivity index (χ0v) is 9.45. The first kappa shape index (κ1) is 11.0. The summed E-state index contributed by atoms with van der Waals surface area (Å²) < 4.78 is 5.31. The number of hydrogen-bond donors (Lipinski definition) is 1. The minimum absolute atomic E-state index is 0.162. The molecular formula is C13H16O3. The van der Waals surface area contributed by atoms with Crippen LogP contribution in [0.15, 0.2) is 12.1 Å². The predicted molar refractivity (Wildman–Crippen MR) is 61.0 cm³/mol. The maximum Gasteiger partial charge on any atom is 0.303 e. The minimum Gasteiger partial charge on any atom is -0.496 e. The molecule has 0 bridgehead atoms. The van der Waals surface area contributed by atoms with Gasteiger partial charge in [-0.2, -0.15) is 0 Å². The number of carboxylic acid groups (broad SMARTS) is 1. The Hall–Kier alpha value is -1.51. The minimum atomic E-state index is -0.762. The summed E-state index contributed by atoms with van der Waals surface area (Å²) >= 11 is 0. The number of fused-ring (bicyclic) bond motifs is 1. The second-order valence-corrected chi connectivity index (χ2v) is 4.18. The molecule has 1 aromatic carbocycles. The van der Waals surface area contributed by atoms with Crippen LogP contribution in [0.25, 0.3) is 0 Å². The molecule has 0 heterocycles. The lowest BCUT2D eigenvalue weighted by atomic mass is 10.0. The average Bonchev–Trinajstić information content (AvgIpc) is 2.71. The topological polar surface area (TPSA) is 46.5 Å². The molecule has 1 aromatic rings. The van der Waals surface area contributed by atoms with Crippen LogP contribution in [0.3, 0.4) is 0 Å². The molecule has 0 atom stereocenters. The standard InChI is InChI=1S/C13H16O3/c1-16-12-8-10-4-2-3-9(10)7-11(12)5-6-13(14)15/h7-8H,2-6H2,1H3,(H,14,15). The summed E-state index contributed by atoms with van der Waals surface area (Å²) in [6, 6.07) is 4.18. The molecule has 0 unspecified atom stereocenters. The summed E-state index contributed by atoms with van der Waals surface area (Å²) in [5.41, 5.74) is 3.74. The Bertz CT molecular complexity index is 410. The van der Waals surface area contributed by atoms with Crippen molar-refractivity contribution >= 4 is 5.97 Å². The highest BCUT2D eigenvalue weighted by molar-refractivity contribution is 5.67. The van der Waals surface area contributed by atoms with Crippen LogP contribution in [0.4, 0.5) is 0 Å². The molecular weight excluding hydrogens is 204 g/mol. The Morgan fingerprint density at radius 2 is 2.06 bits per heavy atom. The third-order valence-electron chi connectivity index (χ3n) is 3.10. The molecule has 86 valence electrons. The maximum atomic E-state index is 10.6. The lowest BCUT2D eigenvalue weighted by Crippen LogP contribution is -2.01. The molecule has 2 rings (SSSR count). The van der Waals surface area contributed by atoms with Gasteiger partial charge in [0, 0.05) is 6.42 Å². The molecule has 0 saturated carbocycles. The van der Waals surface area contributed by atoms with Crippen molar-refractivity contribution in [1.29, 1.82) is 0 Å². The fourth-order valence-electron chi connectivity index (χ4n) is 2.28. The molecule has 0 aromatic heterocycles. The van der Waals surface area contributed by atoms with Gasteiger partial charge in [-0.1, -0.05) is 6.07 Å². The van der Waals surface area contributed by atoms with E-state index < -0.39 is 5.97 Å². The van der Waals surface area contributed by atoms with E-state index in [-0.39, 0.29) is 6.42 Å². The monoisotopic (exact) mass is 220 g/mol. The number of aryl methyl sites for hydroxylation is 3. The van der Waals surface area contributed by atoms with E-state index in [1.54, 1.807) is 7.11 Å². The number of rotatable bonds is 4. The molecule has 0 saturated heterocycles. The summed E-state index contributed by atoms with van der Waals surface area (Å²) in [5, 5.41) is 8.69. The average molecular weight is 220 g/mol. The molecule has 1 aliphatic carbocycles. The van der Waals surface area contributed by atoms with Crippen LogP contribution in [0.2, 0.25) is 0 Å². The number of carboxylic acids is 1. The molecule has 1 aliphatic rings. The van der Waals surface area contributed by atoms with Crippen molar-refractivity contribution in [3.63, 3.8) is 0 Å². The smallest absolute Gasteiger partial charge is 0.303 e. The van der Waals surface area contributed by atoms with E-state index in [1.165, 1.54) is 17.5 Å². The number of hydrogen-bond acceptors (Lipinski definition) is 2. The first-order valence-corrected chi connectivity index (χ1v) is 5.61. The molecule has 3 nitrogen and oxygen atoms in total. The van der Waals surface area contributed by atoms with E-state index in [0.717, 1.165) is 24.2 Å². The van der Waals surface area contributed by atoms with Gasteiger partial charge in [0.15, 0.2) is 0 Å². The number of ether oxygens (including phenoxy) is 1. The molecule has 1 N–H and O–H groups in total. The van der Waals surface area contributed by atoms with Gasteiger partial charge < -0.3 is 9.84 Å². The third kappa shape index (κ3) is 2.18. The fourth-order valence-corrected chi connectivity index (χ4v) is 2.28. The van der Waals surface area contributed by atoms with Crippen molar-refractivity contribution in [3.05, 3.63) is 28.8 Å². The summed E-state index contributed by atoms with van der Waals surface area (Å²) in [7, 11) is 1.64. The van der Waals surface area contributed by atoms with Crippen molar-refractivity contribution < 1.29 is 14.6 Å². The van der Waals surface area contributed by atoms with Gasteiger partial charge in [-0.3, -0.25) is 4.79 Å². The van der Waals surface area contributed by atoms with Crippen LogP contribution in [0, 0.1) is 0 Å². The van der Waals surface area contributed by atoms with Crippen LogP contribution in [-0.2, 0) is 24.1 Å². The highest BCUT2D eigenvalue weighted by Crippen LogP contribution is 2.30. The molecule has 0 aliphatic heterocycles. The SMILES string of the molecule is COc1cc2c(cc1CCC(=O)O)CCC2. The maximum absolute atomic E-state index is 10.6. The Labute approximate surface area is 95.0 Å². The molecule has 0 fully saturated rings. The summed E-state index contributed by atoms with van der Waals surface area (Å²) in [6.07, 6.45) is 4.13. The summed E-state index contributed by atoms with van der Waals surface area (Å²) in [6.45, 7) is 0. The van der Waals surface area contributed by atoms with Gasteiger partial charge in [-0.05, 0) is 48.4 Å². The van der Waals surface area contributed by atoms with E-state index >= 15 is 0 Å². The first-order chi connectivity index (χ1) is 7.70. The van der Waals surface area contributed by atoms with Gasteiger partial charge >= 0.3 is 5.97 Å². The second-order valence-electron chi connectivity index (χ2n) is 4.18. The third-order valence-corrected chi connectivity index (χ3v) is 3.10. The van der Waals surface area contributed by atoms with Crippen LogP contribution in [0.1, 0.15) is 29.5 Å². The predicted octanol–water partition coefficient (Wildman–Crippen LogP) is 2.20. The van der Waals surface area contributed by atoms with Crippen molar-refractivity contribution in [2.24, 2.45) is 0 Å². The van der Waals surface area contributed by atoms with Gasteiger partial charge in [-0.25, -0.2) is 0 Å². The zero-order valence-electron chi connectivity index (χ0n) is 9.45. The van der Waals surface area contributed by atoms with Crippen LogP contribution in [0.5, 0.6) is 5.75 Å². The summed E-state index contributed by atoms with van der Waals surface area (Å²) in [4.78, 5) is 10.6. The molecule has 3 heteroatoms. The van der Waals surface area contributed by atoms with Gasteiger partial charge in [0.2, 0.25) is 0 Å².